The second kappa shape index (κ2) is 8.46. The molecular weight excluding hydrogens is 387 g/mol. The van der Waals surface area contributed by atoms with Crippen LogP contribution in [-0.4, -0.2) is 37.7 Å². The monoisotopic (exact) mass is 410 g/mol. The van der Waals surface area contributed by atoms with Crippen molar-refractivity contribution in [1.82, 2.24) is 19.7 Å². The van der Waals surface area contributed by atoms with E-state index >= 15 is 0 Å². The van der Waals surface area contributed by atoms with Crippen LogP contribution < -0.4 is 22.1 Å². The van der Waals surface area contributed by atoms with Gasteiger partial charge < -0.3 is 22.1 Å². The van der Waals surface area contributed by atoms with Crippen LogP contribution in [-0.2, 0) is 0 Å². The van der Waals surface area contributed by atoms with E-state index in [9.17, 15) is 9.18 Å². The van der Waals surface area contributed by atoms with Crippen LogP contribution in [0.2, 0.25) is 0 Å². The third-order valence-corrected chi connectivity index (χ3v) is 5.15. The number of nitrogens with two attached hydrogens (primary N) is 2. The predicted molar refractivity (Wildman–Crippen MR) is 111 cm³/mol. The Kier molecular flexibility index (Phi) is 5.57. The van der Waals surface area contributed by atoms with Gasteiger partial charge in [-0.05, 0) is 37.1 Å². The molecule has 0 spiro atoms. The van der Waals surface area contributed by atoms with E-state index in [0.717, 1.165) is 25.7 Å². The third-order valence-electron chi connectivity index (χ3n) is 5.15. The molecule has 0 radical (unpaired) electrons. The number of nitrogens with one attached hydrogen (secondary N) is 2. The van der Waals surface area contributed by atoms with Crippen LogP contribution in [0.3, 0.4) is 0 Å². The summed E-state index contributed by atoms with van der Waals surface area (Å²) in [5.74, 6) is -0.647. The number of rotatable bonds is 6. The topological polar surface area (TPSA) is 137 Å². The maximum atomic E-state index is 14.6. The Labute approximate surface area is 172 Å². The molecule has 4 rings (SSSR count). The lowest BCUT2D eigenvalue weighted by molar-refractivity contribution is 0.100. The van der Waals surface area contributed by atoms with Gasteiger partial charge in [-0.1, -0.05) is 12.8 Å². The SMILES string of the molecule is NC(=O)c1cnc(N[C@@H]2CCCC[C@@H]2N)nc1Nc1ccc(-n2cccn2)c(F)c1. The van der Waals surface area contributed by atoms with Crippen molar-refractivity contribution in [2.45, 2.75) is 37.8 Å². The van der Waals surface area contributed by atoms with Crippen molar-refractivity contribution in [3.8, 4) is 5.69 Å². The number of anilines is 3. The smallest absolute Gasteiger partial charge is 0.254 e. The summed E-state index contributed by atoms with van der Waals surface area (Å²) in [6.07, 6.45) is 8.61. The number of halogens is 1. The van der Waals surface area contributed by atoms with Crippen molar-refractivity contribution in [3.05, 3.63) is 54.2 Å². The zero-order chi connectivity index (χ0) is 21.1. The predicted octanol–water partition coefficient (Wildman–Crippen LogP) is 2.33. The number of carbonyl (C=O) groups excluding carboxylic acids is 1. The molecule has 2 aromatic heterocycles. The van der Waals surface area contributed by atoms with Gasteiger partial charge in [0.15, 0.2) is 5.82 Å². The highest BCUT2D eigenvalue weighted by atomic mass is 19.1. The molecular formula is C20H23FN8O. The van der Waals surface area contributed by atoms with Gasteiger partial charge in [0.2, 0.25) is 5.95 Å². The summed E-state index contributed by atoms with van der Waals surface area (Å²) in [6.45, 7) is 0. The van der Waals surface area contributed by atoms with Crippen molar-refractivity contribution in [2.75, 3.05) is 10.6 Å². The molecule has 1 aromatic carbocycles. The number of primary amides is 1. The number of hydrogen-bond acceptors (Lipinski definition) is 7. The number of benzene rings is 1. The minimum Gasteiger partial charge on any atom is -0.365 e. The van der Waals surface area contributed by atoms with Crippen LogP contribution >= 0.6 is 0 Å². The molecule has 0 unspecified atom stereocenters. The summed E-state index contributed by atoms with van der Waals surface area (Å²) in [5.41, 5.74) is 12.5. The Balaban J connectivity index is 1.59. The summed E-state index contributed by atoms with van der Waals surface area (Å²) >= 11 is 0. The maximum Gasteiger partial charge on any atom is 0.254 e. The average Bonchev–Trinajstić information content (AvgIpc) is 3.24. The van der Waals surface area contributed by atoms with Crippen molar-refractivity contribution in [3.63, 3.8) is 0 Å². The van der Waals surface area contributed by atoms with E-state index in [1.807, 2.05) is 0 Å². The third kappa shape index (κ3) is 4.23. The van der Waals surface area contributed by atoms with Gasteiger partial charge in [0.05, 0.1) is 0 Å². The van der Waals surface area contributed by atoms with Gasteiger partial charge in [-0.3, -0.25) is 4.79 Å². The molecule has 1 fully saturated rings. The van der Waals surface area contributed by atoms with E-state index in [2.05, 4.69) is 25.7 Å². The highest BCUT2D eigenvalue weighted by Gasteiger charge is 2.23. The molecule has 3 aromatic rings. The normalized spacial score (nSPS) is 18.7. The molecule has 10 heteroatoms. The summed E-state index contributed by atoms with van der Waals surface area (Å²) in [7, 11) is 0. The summed E-state index contributed by atoms with van der Waals surface area (Å²) in [4.78, 5) is 20.4. The van der Waals surface area contributed by atoms with Crippen LogP contribution in [0.15, 0.2) is 42.9 Å². The quantitative estimate of drug-likeness (QED) is 0.489. The zero-order valence-electron chi connectivity index (χ0n) is 16.3. The molecule has 156 valence electrons. The van der Waals surface area contributed by atoms with Crippen LogP contribution in [0.4, 0.5) is 21.8 Å². The van der Waals surface area contributed by atoms with Crippen molar-refractivity contribution in [1.29, 1.82) is 0 Å². The van der Waals surface area contributed by atoms with Gasteiger partial charge >= 0.3 is 0 Å². The maximum absolute atomic E-state index is 14.6. The highest BCUT2D eigenvalue weighted by molar-refractivity contribution is 5.98. The molecule has 1 aliphatic rings. The molecule has 0 saturated heterocycles. The lowest BCUT2D eigenvalue weighted by Crippen LogP contribution is -2.43. The molecule has 0 bridgehead atoms. The minimum absolute atomic E-state index is 0.0125. The van der Waals surface area contributed by atoms with Crippen molar-refractivity contribution < 1.29 is 9.18 Å². The van der Waals surface area contributed by atoms with E-state index in [4.69, 9.17) is 11.5 Å². The lowest BCUT2D eigenvalue weighted by Gasteiger charge is -2.29. The Hall–Kier alpha value is -3.53. The minimum atomic E-state index is -0.688. The standard InChI is InChI=1S/C20H23FN8O/c21-14-10-12(6-7-17(14)29-9-3-8-25-29)26-19-13(18(23)30)11-24-20(28-19)27-16-5-2-1-4-15(16)22/h3,6-11,15-16H,1-2,4-5,22H2,(H2,23,30)(H2,24,26,27,28)/t15-,16+/m0/s1. The Morgan fingerprint density at radius 1 is 1.27 bits per heavy atom. The fourth-order valence-corrected chi connectivity index (χ4v) is 3.55. The van der Waals surface area contributed by atoms with E-state index in [1.54, 1.807) is 30.6 Å². The molecule has 2 heterocycles. The molecule has 1 aliphatic carbocycles. The average molecular weight is 410 g/mol. The Morgan fingerprint density at radius 3 is 2.80 bits per heavy atom. The largest absolute Gasteiger partial charge is 0.365 e. The Morgan fingerprint density at radius 2 is 2.10 bits per heavy atom. The van der Waals surface area contributed by atoms with Gasteiger partial charge in [-0.15, -0.1) is 0 Å². The first-order valence-electron chi connectivity index (χ1n) is 9.77. The number of carbonyl (C=O) groups is 1. The van der Waals surface area contributed by atoms with Crippen LogP contribution in [0.25, 0.3) is 5.69 Å². The number of aromatic nitrogens is 4. The molecule has 1 saturated carbocycles. The van der Waals surface area contributed by atoms with Crippen LogP contribution in [0.1, 0.15) is 36.0 Å². The molecule has 9 nitrogen and oxygen atoms in total. The molecule has 2 atom stereocenters. The first-order chi connectivity index (χ1) is 14.5. The summed E-state index contributed by atoms with van der Waals surface area (Å²) in [5, 5.41) is 10.2. The van der Waals surface area contributed by atoms with Gasteiger partial charge in [0.1, 0.15) is 17.1 Å². The zero-order valence-corrected chi connectivity index (χ0v) is 16.3. The Bertz CT molecular complexity index is 1040. The lowest BCUT2D eigenvalue weighted by atomic mass is 9.91. The first kappa shape index (κ1) is 19.8. The van der Waals surface area contributed by atoms with Gasteiger partial charge in [-0.2, -0.15) is 10.1 Å². The molecule has 30 heavy (non-hydrogen) atoms. The van der Waals surface area contributed by atoms with Gasteiger partial charge in [0.25, 0.3) is 5.91 Å². The van der Waals surface area contributed by atoms with E-state index < -0.39 is 11.7 Å². The van der Waals surface area contributed by atoms with Crippen molar-refractivity contribution in [2.24, 2.45) is 11.5 Å². The summed E-state index contributed by atoms with van der Waals surface area (Å²) in [6, 6.07) is 6.31. The number of nitrogens with zero attached hydrogens (tertiary/aromatic N) is 4. The number of hydrogen-bond donors (Lipinski definition) is 4. The van der Waals surface area contributed by atoms with Crippen LogP contribution in [0.5, 0.6) is 0 Å². The highest BCUT2D eigenvalue weighted by Crippen LogP contribution is 2.24. The van der Waals surface area contributed by atoms with Crippen LogP contribution in [0, 0.1) is 5.82 Å². The second-order valence-electron chi connectivity index (χ2n) is 7.26. The van der Waals surface area contributed by atoms with Crippen molar-refractivity contribution >= 4 is 23.4 Å². The fourth-order valence-electron chi connectivity index (χ4n) is 3.55. The second-order valence-corrected chi connectivity index (χ2v) is 7.26. The molecule has 0 aliphatic heterocycles. The van der Waals surface area contributed by atoms with E-state index in [0.29, 0.717) is 17.3 Å². The van der Waals surface area contributed by atoms with E-state index in [1.165, 1.54) is 16.9 Å². The molecule has 6 N–H and O–H groups in total. The molecule has 1 amide bonds. The first-order valence-corrected chi connectivity index (χ1v) is 9.77. The van der Waals surface area contributed by atoms with E-state index in [-0.39, 0.29) is 23.5 Å². The fraction of sp³-hybridized carbons (Fsp3) is 0.300. The van der Waals surface area contributed by atoms with Gasteiger partial charge in [0, 0.05) is 36.4 Å². The number of amides is 1. The summed E-state index contributed by atoms with van der Waals surface area (Å²) < 4.78 is 16.0. The van der Waals surface area contributed by atoms with Gasteiger partial charge in [-0.25, -0.2) is 14.1 Å².